The summed E-state index contributed by atoms with van der Waals surface area (Å²) in [6.45, 7) is 0. The van der Waals surface area contributed by atoms with Crippen LogP contribution in [0.2, 0.25) is 0 Å². The maximum atomic E-state index is 11.8. The molecule has 1 aromatic carbocycles. The molecule has 4 nitrogen and oxygen atoms in total. The molecule has 0 unspecified atom stereocenters. The third kappa shape index (κ3) is 1.42. The lowest BCUT2D eigenvalue weighted by Crippen LogP contribution is -2.01. The zero-order chi connectivity index (χ0) is 10.0. The van der Waals surface area contributed by atoms with E-state index in [1.165, 1.54) is 24.4 Å². The number of nitrogens with one attached hydrogen (secondary N) is 1. The molecule has 71 valence electrons. The van der Waals surface area contributed by atoms with E-state index in [1.807, 2.05) is 0 Å². The van der Waals surface area contributed by atoms with Gasteiger partial charge in [-0.1, -0.05) is 12.1 Å². The van der Waals surface area contributed by atoms with Crippen molar-refractivity contribution in [1.29, 1.82) is 0 Å². The van der Waals surface area contributed by atoms with Gasteiger partial charge in [-0.15, -0.1) is 0 Å². The SMILES string of the molecule is O=S(=O)(c1cc[c]cc1)c1cc[nH]n1. The van der Waals surface area contributed by atoms with Gasteiger partial charge in [0.1, 0.15) is 0 Å². The summed E-state index contributed by atoms with van der Waals surface area (Å²) < 4.78 is 23.6. The summed E-state index contributed by atoms with van der Waals surface area (Å²) in [6, 6.07) is 10.3. The van der Waals surface area contributed by atoms with Gasteiger partial charge < -0.3 is 0 Å². The molecular formula is C9H7N2O2S. The van der Waals surface area contributed by atoms with Crippen LogP contribution in [0, 0.1) is 6.07 Å². The molecule has 1 heterocycles. The number of nitrogens with zero attached hydrogens (tertiary/aromatic N) is 1. The van der Waals surface area contributed by atoms with Crippen LogP contribution in [0.5, 0.6) is 0 Å². The zero-order valence-corrected chi connectivity index (χ0v) is 7.95. The zero-order valence-electron chi connectivity index (χ0n) is 7.14. The molecule has 0 saturated heterocycles. The summed E-state index contributed by atoms with van der Waals surface area (Å²) in [5.74, 6) is 0. The molecule has 5 heteroatoms. The van der Waals surface area contributed by atoms with E-state index >= 15 is 0 Å². The van der Waals surface area contributed by atoms with E-state index in [-0.39, 0.29) is 9.92 Å². The van der Waals surface area contributed by atoms with E-state index in [0.717, 1.165) is 0 Å². The van der Waals surface area contributed by atoms with Gasteiger partial charge >= 0.3 is 0 Å². The van der Waals surface area contributed by atoms with Gasteiger partial charge in [0, 0.05) is 6.20 Å². The molecule has 1 aromatic heterocycles. The first kappa shape index (κ1) is 8.96. The summed E-state index contributed by atoms with van der Waals surface area (Å²) >= 11 is 0. The van der Waals surface area contributed by atoms with Crippen LogP contribution in [0.25, 0.3) is 0 Å². The van der Waals surface area contributed by atoms with Gasteiger partial charge in [-0.2, -0.15) is 5.10 Å². The average Bonchev–Trinajstić information content (AvgIpc) is 2.72. The van der Waals surface area contributed by atoms with Gasteiger partial charge in [-0.05, 0) is 24.3 Å². The van der Waals surface area contributed by atoms with Crippen LogP contribution in [-0.4, -0.2) is 18.6 Å². The molecule has 0 atom stereocenters. The summed E-state index contributed by atoms with van der Waals surface area (Å²) in [5, 5.41) is 6.14. The molecule has 1 N–H and O–H groups in total. The fourth-order valence-electron chi connectivity index (χ4n) is 1.07. The first-order chi connectivity index (χ1) is 6.71. The van der Waals surface area contributed by atoms with Gasteiger partial charge in [0.25, 0.3) is 0 Å². The second kappa shape index (κ2) is 3.26. The largest absolute Gasteiger partial charge is 0.284 e. The smallest absolute Gasteiger partial charge is 0.225 e. The van der Waals surface area contributed by atoms with Crippen molar-refractivity contribution in [3.05, 3.63) is 42.6 Å². The van der Waals surface area contributed by atoms with Crippen LogP contribution in [0.15, 0.2) is 46.5 Å². The Balaban J connectivity index is 2.55. The minimum Gasteiger partial charge on any atom is -0.284 e. The molecule has 0 saturated carbocycles. The van der Waals surface area contributed by atoms with Crippen molar-refractivity contribution in [2.24, 2.45) is 0 Å². The van der Waals surface area contributed by atoms with Crippen molar-refractivity contribution < 1.29 is 8.42 Å². The monoisotopic (exact) mass is 207 g/mol. The maximum Gasteiger partial charge on any atom is 0.225 e. The Bertz CT molecular complexity index is 503. The third-order valence-electron chi connectivity index (χ3n) is 1.75. The number of H-pyrrole nitrogens is 1. The Morgan fingerprint density at radius 2 is 1.93 bits per heavy atom. The van der Waals surface area contributed by atoms with E-state index in [0.29, 0.717) is 0 Å². The highest BCUT2D eigenvalue weighted by Crippen LogP contribution is 2.16. The molecule has 1 radical (unpaired) electrons. The van der Waals surface area contributed by atoms with E-state index < -0.39 is 9.84 Å². The number of aromatic amines is 1. The van der Waals surface area contributed by atoms with Gasteiger partial charge in [0.05, 0.1) is 4.90 Å². The number of hydrogen-bond acceptors (Lipinski definition) is 3. The van der Waals surface area contributed by atoms with Crippen molar-refractivity contribution >= 4 is 9.84 Å². The molecule has 0 aliphatic rings. The molecule has 0 aliphatic heterocycles. The molecule has 0 spiro atoms. The predicted octanol–water partition coefficient (Wildman–Crippen LogP) is 1.04. The van der Waals surface area contributed by atoms with Crippen LogP contribution >= 0.6 is 0 Å². The van der Waals surface area contributed by atoms with E-state index in [1.54, 1.807) is 12.1 Å². The van der Waals surface area contributed by atoms with Crippen molar-refractivity contribution in [3.63, 3.8) is 0 Å². The molecule has 0 aliphatic carbocycles. The normalized spacial score (nSPS) is 11.4. The fourth-order valence-corrected chi connectivity index (χ4v) is 2.22. The maximum absolute atomic E-state index is 11.8. The fraction of sp³-hybridized carbons (Fsp3) is 0. The van der Waals surface area contributed by atoms with Crippen LogP contribution in [0.1, 0.15) is 0 Å². The summed E-state index contributed by atoms with van der Waals surface area (Å²) in [6.07, 6.45) is 1.47. The summed E-state index contributed by atoms with van der Waals surface area (Å²) in [4.78, 5) is 0.225. The molecule has 2 aromatic rings. The van der Waals surface area contributed by atoms with Crippen molar-refractivity contribution in [2.45, 2.75) is 9.92 Å². The minimum atomic E-state index is -3.46. The average molecular weight is 207 g/mol. The lowest BCUT2D eigenvalue weighted by Gasteiger charge is -1.98. The molecule has 0 bridgehead atoms. The number of rotatable bonds is 2. The Morgan fingerprint density at radius 3 is 2.50 bits per heavy atom. The van der Waals surface area contributed by atoms with Crippen molar-refractivity contribution in [3.8, 4) is 0 Å². The molecular weight excluding hydrogens is 200 g/mol. The van der Waals surface area contributed by atoms with Crippen LogP contribution in [0.3, 0.4) is 0 Å². The Labute approximate surface area is 81.5 Å². The molecule has 14 heavy (non-hydrogen) atoms. The first-order valence-corrected chi connectivity index (χ1v) is 5.40. The summed E-state index contributed by atoms with van der Waals surface area (Å²) in [5.41, 5.74) is 0. The molecule has 2 rings (SSSR count). The van der Waals surface area contributed by atoms with Gasteiger partial charge in [0.2, 0.25) is 9.84 Å². The quantitative estimate of drug-likeness (QED) is 0.800. The van der Waals surface area contributed by atoms with Crippen molar-refractivity contribution in [2.75, 3.05) is 0 Å². The highest BCUT2D eigenvalue weighted by molar-refractivity contribution is 7.91. The first-order valence-electron chi connectivity index (χ1n) is 3.92. The standard InChI is InChI=1S/C9H7N2O2S/c12-14(13,9-6-7-10-11-9)8-4-2-1-3-5-8/h2-7H,(H,10,11). The van der Waals surface area contributed by atoms with Gasteiger partial charge in [-0.3, -0.25) is 5.10 Å². The topological polar surface area (TPSA) is 62.8 Å². The van der Waals surface area contributed by atoms with Crippen LogP contribution in [-0.2, 0) is 9.84 Å². The summed E-state index contributed by atoms with van der Waals surface area (Å²) in [7, 11) is -3.46. The second-order valence-electron chi connectivity index (χ2n) is 2.65. The van der Waals surface area contributed by atoms with Crippen molar-refractivity contribution in [1.82, 2.24) is 10.2 Å². The molecule has 0 fully saturated rings. The highest BCUT2D eigenvalue weighted by atomic mass is 32.2. The number of hydrogen-bond donors (Lipinski definition) is 1. The minimum absolute atomic E-state index is 0.0312. The third-order valence-corrected chi connectivity index (χ3v) is 3.42. The second-order valence-corrected chi connectivity index (χ2v) is 4.55. The molecule has 0 amide bonds. The Kier molecular flexibility index (Phi) is 2.09. The Morgan fingerprint density at radius 1 is 1.21 bits per heavy atom. The Hall–Kier alpha value is -1.62. The highest BCUT2D eigenvalue weighted by Gasteiger charge is 2.18. The van der Waals surface area contributed by atoms with Gasteiger partial charge in [-0.25, -0.2) is 8.42 Å². The lowest BCUT2D eigenvalue weighted by molar-refractivity contribution is 0.592. The predicted molar refractivity (Wildman–Crippen MR) is 49.3 cm³/mol. The van der Waals surface area contributed by atoms with Gasteiger partial charge in [0.15, 0.2) is 5.03 Å². The van der Waals surface area contributed by atoms with E-state index in [2.05, 4.69) is 16.3 Å². The van der Waals surface area contributed by atoms with E-state index in [4.69, 9.17) is 0 Å². The number of aromatic nitrogens is 2. The van der Waals surface area contributed by atoms with Crippen LogP contribution < -0.4 is 0 Å². The van der Waals surface area contributed by atoms with Crippen LogP contribution in [0.4, 0.5) is 0 Å². The number of sulfone groups is 1. The lowest BCUT2D eigenvalue weighted by atomic mass is 10.4. The van der Waals surface area contributed by atoms with E-state index in [9.17, 15) is 8.42 Å². The number of benzene rings is 1.